The number of esters is 1. The normalized spacial score (nSPS) is 24.0. The molecule has 0 aliphatic heterocycles. The summed E-state index contributed by atoms with van der Waals surface area (Å²) >= 11 is 0. The van der Waals surface area contributed by atoms with Gasteiger partial charge in [-0.05, 0) is 83.3 Å². The van der Waals surface area contributed by atoms with E-state index in [0.717, 1.165) is 49.1 Å². The van der Waals surface area contributed by atoms with Gasteiger partial charge in [0.2, 0.25) is 0 Å². The first-order valence-electron chi connectivity index (χ1n) is 9.60. The number of aryl methyl sites for hydroxylation is 2. The van der Waals surface area contributed by atoms with Crippen LogP contribution in [0.1, 0.15) is 70.3 Å². The summed E-state index contributed by atoms with van der Waals surface area (Å²) in [5.74, 6) is 0.814. The van der Waals surface area contributed by atoms with E-state index in [1.807, 2.05) is 32.2 Å². The Labute approximate surface area is 156 Å². The Bertz CT molecular complexity index is 809. The molecule has 2 aromatic rings. The molecule has 0 aromatic carbocycles. The molecule has 0 bridgehead atoms. The molecule has 1 aliphatic carbocycles. The SMILES string of the molecule is Cc1nc2c(C)cc(CC3(C)CCC(C(=O)OC(C)(C)C)CC3)cn2n1. The van der Waals surface area contributed by atoms with Gasteiger partial charge in [0, 0.05) is 6.20 Å². The smallest absolute Gasteiger partial charge is 0.309 e. The fourth-order valence-electron chi connectivity index (χ4n) is 4.03. The molecular weight excluding hydrogens is 326 g/mol. The molecule has 5 heteroatoms. The number of aromatic nitrogens is 3. The van der Waals surface area contributed by atoms with Gasteiger partial charge in [0.25, 0.3) is 0 Å². The molecule has 142 valence electrons. The molecule has 2 aromatic heterocycles. The second-order valence-corrected chi connectivity index (χ2v) is 9.25. The number of pyridine rings is 1. The van der Waals surface area contributed by atoms with Gasteiger partial charge in [0.05, 0.1) is 5.92 Å². The second-order valence-electron chi connectivity index (χ2n) is 9.25. The number of fused-ring (bicyclic) bond motifs is 1. The summed E-state index contributed by atoms with van der Waals surface area (Å²) in [6, 6.07) is 2.23. The standard InChI is InChI=1S/C21H31N3O2/c1-14-11-16(13-24-18(14)22-15(2)23-24)12-21(6)9-7-17(8-10-21)19(25)26-20(3,4)5/h11,13,17H,7-10,12H2,1-6H3. The molecule has 5 nitrogen and oxygen atoms in total. The van der Waals surface area contributed by atoms with Gasteiger partial charge >= 0.3 is 5.97 Å². The highest BCUT2D eigenvalue weighted by atomic mass is 16.6. The Morgan fingerprint density at radius 1 is 1.31 bits per heavy atom. The Kier molecular flexibility index (Phi) is 4.84. The van der Waals surface area contributed by atoms with Crippen molar-refractivity contribution in [3.8, 4) is 0 Å². The molecule has 0 radical (unpaired) electrons. The van der Waals surface area contributed by atoms with Crippen LogP contribution in [0.4, 0.5) is 0 Å². The summed E-state index contributed by atoms with van der Waals surface area (Å²) in [5, 5.41) is 4.46. The Morgan fingerprint density at radius 3 is 2.58 bits per heavy atom. The van der Waals surface area contributed by atoms with Gasteiger partial charge in [-0.25, -0.2) is 9.50 Å². The van der Waals surface area contributed by atoms with E-state index in [2.05, 4.69) is 36.2 Å². The molecule has 1 aliphatic rings. The summed E-state index contributed by atoms with van der Waals surface area (Å²) in [7, 11) is 0. The summed E-state index contributed by atoms with van der Waals surface area (Å²) in [4.78, 5) is 16.8. The van der Waals surface area contributed by atoms with Crippen molar-refractivity contribution in [1.82, 2.24) is 14.6 Å². The molecule has 0 amide bonds. The molecule has 0 saturated heterocycles. The lowest BCUT2D eigenvalue weighted by Crippen LogP contribution is -2.34. The van der Waals surface area contributed by atoms with Crippen molar-refractivity contribution in [2.45, 2.75) is 79.2 Å². The minimum absolute atomic E-state index is 0.0325. The maximum absolute atomic E-state index is 12.3. The largest absolute Gasteiger partial charge is 0.460 e. The van der Waals surface area contributed by atoms with Crippen LogP contribution in [-0.2, 0) is 16.0 Å². The van der Waals surface area contributed by atoms with Crippen LogP contribution in [0.3, 0.4) is 0 Å². The molecule has 1 fully saturated rings. The van der Waals surface area contributed by atoms with E-state index in [-0.39, 0.29) is 17.3 Å². The van der Waals surface area contributed by atoms with E-state index >= 15 is 0 Å². The monoisotopic (exact) mass is 357 g/mol. The Balaban J connectivity index is 1.67. The van der Waals surface area contributed by atoms with Gasteiger partial charge in [0.1, 0.15) is 11.4 Å². The van der Waals surface area contributed by atoms with Gasteiger partial charge in [-0.2, -0.15) is 5.10 Å². The third kappa shape index (κ3) is 4.25. The molecule has 0 unspecified atom stereocenters. The predicted octanol–water partition coefficient (Wildman–Crippen LogP) is 4.43. The van der Waals surface area contributed by atoms with Crippen LogP contribution in [0, 0.1) is 25.2 Å². The highest BCUT2D eigenvalue weighted by Gasteiger charge is 2.36. The van der Waals surface area contributed by atoms with E-state index in [0.29, 0.717) is 0 Å². The topological polar surface area (TPSA) is 56.5 Å². The Morgan fingerprint density at radius 2 is 1.96 bits per heavy atom. The zero-order valence-corrected chi connectivity index (χ0v) is 16.9. The third-order valence-corrected chi connectivity index (χ3v) is 5.34. The van der Waals surface area contributed by atoms with Crippen LogP contribution in [0.2, 0.25) is 0 Å². The van der Waals surface area contributed by atoms with E-state index in [9.17, 15) is 4.79 Å². The molecule has 26 heavy (non-hydrogen) atoms. The summed E-state index contributed by atoms with van der Waals surface area (Å²) in [6.45, 7) is 12.1. The number of carbonyl (C=O) groups excluding carboxylic acids is 1. The first-order valence-corrected chi connectivity index (χ1v) is 9.60. The Hall–Kier alpha value is -1.91. The van der Waals surface area contributed by atoms with E-state index in [1.165, 1.54) is 5.56 Å². The van der Waals surface area contributed by atoms with Crippen LogP contribution in [0.5, 0.6) is 0 Å². The molecule has 0 atom stereocenters. The van der Waals surface area contributed by atoms with Crippen molar-refractivity contribution in [3.05, 3.63) is 29.2 Å². The maximum Gasteiger partial charge on any atom is 0.309 e. The lowest BCUT2D eigenvalue weighted by molar-refractivity contribution is -0.161. The number of rotatable bonds is 3. The zero-order valence-electron chi connectivity index (χ0n) is 16.9. The highest BCUT2D eigenvalue weighted by Crippen LogP contribution is 2.42. The minimum Gasteiger partial charge on any atom is -0.460 e. The van der Waals surface area contributed by atoms with Crippen molar-refractivity contribution >= 4 is 11.6 Å². The van der Waals surface area contributed by atoms with E-state index in [4.69, 9.17) is 4.74 Å². The number of carbonyl (C=O) groups is 1. The van der Waals surface area contributed by atoms with Crippen LogP contribution >= 0.6 is 0 Å². The van der Waals surface area contributed by atoms with Crippen LogP contribution < -0.4 is 0 Å². The lowest BCUT2D eigenvalue weighted by Gasteiger charge is -2.37. The van der Waals surface area contributed by atoms with Crippen molar-refractivity contribution in [3.63, 3.8) is 0 Å². The highest BCUT2D eigenvalue weighted by molar-refractivity contribution is 5.73. The average molecular weight is 357 g/mol. The van der Waals surface area contributed by atoms with Crippen LogP contribution in [0.15, 0.2) is 12.3 Å². The fourth-order valence-corrected chi connectivity index (χ4v) is 4.03. The second kappa shape index (κ2) is 6.67. The first-order chi connectivity index (χ1) is 12.0. The van der Waals surface area contributed by atoms with Crippen molar-refractivity contribution in [2.24, 2.45) is 11.3 Å². The average Bonchev–Trinajstić information content (AvgIpc) is 2.86. The van der Waals surface area contributed by atoms with Gasteiger partial charge in [-0.1, -0.05) is 13.0 Å². The first kappa shape index (κ1) is 18.9. The number of ether oxygens (including phenoxy) is 1. The lowest BCUT2D eigenvalue weighted by atomic mass is 9.69. The summed E-state index contributed by atoms with van der Waals surface area (Å²) in [5.41, 5.74) is 3.20. The summed E-state index contributed by atoms with van der Waals surface area (Å²) < 4.78 is 7.47. The molecule has 0 spiro atoms. The molecule has 1 saturated carbocycles. The van der Waals surface area contributed by atoms with Gasteiger partial charge < -0.3 is 4.74 Å². The molecule has 0 N–H and O–H groups in total. The molecule has 3 rings (SSSR count). The number of nitrogens with zero attached hydrogens (tertiary/aromatic N) is 3. The van der Waals surface area contributed by atoms with Crippen molar-refractivity contribution < 1.29 is 9.53 Å². The van der Waals surface area contributed by atoms with E-state index < -0.39 is 5.60 Å². The summed E-state index contributed by atoms with van der Waals surface area (Å²) in [6.07, 6.45) is 7.02. The van der Waals surface area contributed by atoms with Gasteiger partial charge in [-0.15, -0.1) is 0 Å². The van der Waals surface area contributed by atoms with Crippen LogP contribution in [-0.4, -0.2) is 26.2 Å². The number of hydrogen-bond donors (Lipinski definition) is 0. The van der Waals surface area contributed by atoms with Gasteiger partial charge in [-0.3, -0.25) is 4.79 Å². The fraction of sp³-hybridized carbons (Fsp3) is 0.667. The molecular formula is C21H31N3O2. The minimum atomic E-state index is -0.402. The third-order valence-electron chi connectivity index (χ3n) is 5.34. The molecule has 2 heterocycles. The van der Waals surface area contributed by atoms with E-state index in [1.54, 1.807) is 0 Å². The van der Waals surface area contributed by atoms with Crippen molar-refractivity contribution in [1.29, 1.82) is 0 Å². The van der Waals surface area contributed by atoms with Crippen molar-refractivity contribution in [2.75, 3.05) is 0 Å². The van der Waals surface area contributed by atoms with Crippen LogP contribution in [0.25, 0.3) is 5.65 Å². The zero-order chi connectivity index (χ0) is 19.1. The quantitative estimate of drug-likeness (QED) is 0.763. The maximum atomic E-state index is 12.3. The number of hydrogen-bond acceptors (Lipinski definition) is 4. The van der Waals surface area contributed by atoms with Gasteiger partial charge in [0.15, 0.2) is 5.65 Å². The predicted molar refractivity (Wildman–Crippen MR) is 102 cm³/mol.